The van der Waals surface area contributed by atoms with Crippen LogP contribution in [0.1, 0.15) is 18.4 Å². The van der Waals surface area contributed by atoms with Crippen molar-refractivity contribution in [2.24, 2.45) is 0 Å². The van der Waals surface area contributed by atoms with E-state index < -0.39 is 10.0 Å². The first-order valence-corrected chi connectivity index (χ1v) is 10.3. The fourth-order valence-corrected chi connectivity index (χ4v) is 5.32. The summed E-state index contributed by atoms with van der Waals surface area (Å²) in [4.78, 5) is 14.5. The molecule has 2 fully saturated rings. The van der Waals surface area contributed by atoms with Crippen LogP contribution in [0.2, 0.25) is 0 Å². The molecule has 0 unspecified atom stereocenters. The van der Waals surface area contributed by atoms with Crippen LogP contribution >= 0.6 is 0 Å². The highest BCUT2D eigenvalue weighted by molar-refractivity contribution is 7.90. The smallest absolute Gasteiger partial charge is 0.227 e. The number of piperazine rings is 1. The SMILES string of the molecule is O=C(Cc1cccc2ccccc12)N1CCN(S(=O)(=O)C2CC2)CC1. The Morgan fingerprint density at radius 2 is 1.64 bits per heavy atom. The lowest BCUT2D eigenvalue weighted by molar-refractivity contribution is -0.131. The van der Waals surface area contributed by atoms with Gasteiger partial charge in [-0.05, 0) is 29.2 Å². The first-order valence-electron chi connectivity index (χ1n) is 8.79. The van der Waals surface area contributed by atoms with E-state index in [-0.39, 0.29) is 11.2 Å². The third kappa shape index (κ3) is 3.28. The molecule has 6 heteroatoms. The minimum atomic E-state index is -3.13. The van der Waals surface area contributed by atoms with E-state index in [1.165, 1.54) is 0 Å². The average molecular weight is 358 g/mol. The molecule has 0 atom stereocenters. The lowest BCUT2D eigenvalue weighted by atomic mass is 10.0. The van der Waals surface area contributed by atoms with Gasteiger partial charge >= 0.3 is 0 Å². The van der Waals surface area contributed by atoms with Crippen LogP contribution in [0.25, 0.3) is 10.8 Å². The summed E-state index contributed by atoms with van der Waals surface area (Å²) in [5.74, 6) is 0.0693. The summed E-state index contributed by atoms with van der Waals surface area (Å²) >= 11 is 0. The molecule has 132 valence electrons. The highest BCUT2D eigenvalue weighted by Gasteiger charge is 2.41. The molecule has 5 nitrogen and oxygen atoms in total. The largest absolute Gasteiger partial charge is 0.340 e. The van der Waals surface area contributed by atoms with Crippen molar-refractivity contribution in [2.75, 3.05) is 26.2 Å². The summed E-state index contributed by atoms with van der Waals surface area (Å²) in [5.41, 5.74) is 1.02. The lowest BCUT2D eigenvalue weighted by Gasteiger charge is -2.34. The van der Waals surface area contributed by atoms with Gasteiger partial charge in [0.1, 0.15) is 0 Å². The number of carbonyl (C=O) groups excluding carboxylic acids is 1. The van der Waals surface area contributed by atoms with Gasteiger partial charge in [0.15, 0.2) is 0 Å². The molecule has 0 aromatic heterocycles. The molecule has 0 spiro atoms. The average Bonchev–Trinajstić information content (AvgIpc) is 3.48. The van der Waals surface area contributed by atoms with E-state index in [2.05, 4.69) is 0 Å². The van der Waals surface area contributed by atoms with Gasteiger partial charge in [-0.25, -0.2) is 8.42 Å². The first-order chi connectivity index (χ1) is 12.1. The van der Waals surface area contributed by atoms with Crippen molar-refractivity contribution in [3.63, 3.8) is 0 Å². The van der Waals surface area contributed by atoms with Crippen molar-refractivity contribution in [1.82, 2.24) is 9.21 Å². The summed E-state index contributed by atoms with van der Waals surface area (Å²) in [6, 6.07) is 14.1. The maximum absolute atomic E-state index is 12.7. The van der Waals surface area contributed by atoms with E-state index in [4.69, 9.17) is 0 Å². The van der Waals surface area contributed by atoms with Gasteiger partial charge in [-0.15, -0.1) is 0 Å². The lowest BCUT2D eigenvalue weighted by Crippen LogP contribution is -2.51. The maximum atomic E-state index is 12.7. The van der Waals surface area contributed by atoms with Crippen molar-refractivity contribution in [3.8, 4) is 0 Å². The van der Waals surface area contributed by atoms with Gasteiger partial charge in [0.2, 0.25) is 15.9 Å². The molecule has 1 aliphatic heterocycles. The zero-order valence-corrected chi connectivity index (χ0v) is 14.9. The minimum absolute atomic E-state index is 0.0693. The van der Waals surface area contributed by atoms with Crippen molar-refractivity contribution < 1.29 is 13.2 Å². The van der Waals surface area contributed by atoms with Crippen LogP contribution in [0, 0.1) is 0 Å². The summed E-state index contributed by atoms with van der Waals surface area (Å²) < 4.78 is 26.1. The van der Waals surface area contributed by atoms with E-state index in [0.717, 1.165) is 29.2 Å². The predicted molar refractivity (Wildman–Crippen MR) is 97.7 cm³/mol. The van der Waals surface area contributed by atoms with Gasteiger partial charge in [-0.2, -0.15) is 4.31 Å². The number of hydrogen-bond donors (Lipinski definition) is 0. The molecule has 2 aliphatic rings. The quantitative estimate of drug-likeness (QED) is 0.840. The number of nitrogens with zero attached hydrogens (tertiary/aromatic N) is 2. The standard InChI is InChI=1S/C19H22N2O3S/c22-19(14-16-6-3-5-15-4-1-2-7-18(15)16)20-10-12-21(13-11-20)25(23,24)17-8-9-17/h1-7,17H,8-14H2. The maximum Gasteiger partial charge on any atom is 0.227 e. The molecule has 0 bridgehead atoms. The Morgan fingerprint density at radius 1 is 0.960 bits per heavy atom. The van der Waals surface area contributed by atoms with Crippen LogP contribution < -0.4 is 0 Å². The van der Waals surface area contributed by atoms with Crippen LogP contribution in [0.4, 0.5) is 0 Å². The molecule has 1 aliphatic carbocycles. The summed E-state index contributed by atoms with van der Waals surface area (Å²) in [5, 5.41) is 2.06. The van der Waals surface area contributed by atoms with E-state index >= 15 is 0 Å². The van der Waals surface area contributed by atoms with Gasteiger partial charge in [-0.3, -0.25) is 4.79 Å². The molecule has 1 heterocycles. The topological polar surface area (TPSA) is 57.7 Å². The molecular weight excluding hydrogens is 336 g/mol. The number of fused-ring (bicyclic) bond motifs is 1. The molecular formula is C19H22N2O3S. The molecule has 0 radical (unpaired) electrons. The Bertz CT molecular complexity index is 893. The van der Waals surface area contributed by atoms with Crippen molar-refractivity contribution in [1.29, 1.82) is 0 Å². The van der Waals surface area contributed by atoms with Crippen LogP contribution in [0.5, 0.6) is 0 Å². The second kappa shape index (κ2) is 6.42. The second-order valence-electron chi connectivity index (χ2n) is 6.84. The highest BCUT2D eigenvalue weighted by Crippen LogP contribution is 2.31. The Kier molecular flexibility index (Phi) is 4.25. The number of rotatable bonds is 4. The number of benzene rings is 2. The van der Waals surface area contributed by atoms with Crippen LogP contribution in [-0.4, -0.2) is 55.0 Å². The van der Waals surface area contributed by atoms with Crippen LogP contribution in [0.3, 0.4) is 0 Å². The van der Waals surface area contributed by atoms with E-state index in [9.17, 15) is 13.2 Å². The zero-order valence-electron chi connectivity index (χ0n) is 14.1. The number of sulfonamides is 1. The number of carbonyl (C=O) groups is 1. The van der Waals surface area contributed by atoms with E-state index in [1.807, 2.05) is 42.5 Å². The second-order valence-corrected chi connectivity index (χ2v) is 9.05. The monoisotopic (exact) mass is 358 g/mol. The molecule has 0 N–H and O–H groups in total. The number of amides is 1. The number of hydrogen-bond acceptors (Lipinski definition) is 3. The third-order valence-electron chi connectivity index (χ3n) is 5.12. The Balaban J connectivity index is 1.42. The van der Waals surface area contributed by atoms with Crippen LogP contribution in [-0.2, 0) is 21.2 Å². The fraction of sp³-hybridized carbons (Fsp3) is 0.421. The molecule has 25 heavy (non-hydrogen) atoms. The molecule has 1 saturated carbocycles. The molecule has 2 aromatic carbocycles. The molecule has 1 saturated heterocycles. The Labute approximate surface area is 148 Å². The Hall–Kier alpha value is -1.92. The zero-order chi connectivity index (χ0) is 17.4. The van der Waals surface area contributed by atoms with Gasteiger partial charge in [0.05, 0.1) is 11.7 Å². The van der Waals surface area contributed by atoms with Crippen molar-refractivity contribution in [2.45, 2.75) is 24.5 Å². The first kappa shape index (κ1) is 16.5. The summed E-state index contributed by atoms with van der Waals surface area (Å²) in [6.45, 7) is 1.80. The predicted octanol–water partition coefficient (Wildman–Crippen LogP) is 2.02. The van der Waals surface area contributed by atoms with E-state index in [0.29, 0.717) is 32.6 Å². The summed E-state index contributed by atoms with van der Waals surface area (Å²) in [6.07, 6.45) is 1.92. The molecule has 4 rings (SSSR count). The van der Waals surface area contributed by atoms with Gasteiger partial charge in [0.25, 0.3) is 0 Å². The third-order valence-corrected chi connectivity index (χ3v) is 7.52. The highest BCUT2D eigenvalue weighted by atomic mass is 32.2. The fourth-order valence-electron chi connectivity index (χ4n) is 3.49. The molecule has 1 amide bonds. The normalized spacial score (nSPS) is 19.3. The van der Waals surface area contributed by atoms with E-state index in [1.54, 1.807) is 9.21 Å². The van der Waals surface area contributed by atoms with Gasteiger partial charge in [-0.1, -0.05) is 42.5 Å². The Morgan fingerprint density at radius 3 is 2.36 bits per heavy atom. The van der Waals surface area contributed by atoms with Crippen molar-refractivity contribution >= 4 is 26.7 Å². The van der Waals surface area contributed by atoms with Gasteiger partial charge in [0, 0.05) is 26.2 Å². The molecule has 2 aromatic rings. The van der Waals surface area contributed by atoms with Gasteiger partial charge < -0.3 is 4.90 Å². The van der Waals surface area contributed by atoms with Crippen molar-refractivity contribution in [3.05, 3.63) is 48.0 Å². The van der Waals surface area contributed by atoms with Crippen LogP contribution in [0.15, 0.2) is 42.5 Å². The summed E-state index contributed by atoms with van der Waals surface area (Å²) in [7, 11) is -3.13. The minimum Gasteiger partial charge on any atom is -0.340 e.